The molecule has 1 aliphatic heterocycles. The molecule has 0 unspecified atom stereocenters. The van der Waals surface area contributed by atoms with Crippen LogP contribution in [0, 0.1) is 0 Å². The minimum Gasteiger partial charge on any atom is -0.497 e. The Labute approximate surface area is 178 Å². The van der Waals surface area contributed by atoms with Gasteiger partial charge < -0.3 is 19.5 Å². The van der Waals surface area contributed by atoms with Crippen molar-refractivity contribution in [1.29, 1.82) is 0 Å². The summed E-state index contributed by atoms with van der Waals surface area (Å²) in [7, 11) is 1.60. The van der Waals surface area contributed by atoms with Gasteiger partial charge in [0.1, 0.15) is 5.75 Å². The summed E-state index contributed by atoms with van der Waals surface area (Å²) < 4.78 is 17.1. The summed E-state index contributed by atoms with van der Waals surface area (Å²) in [6.45, 7) is 0.728. The third-order valence-corrected chi connectivity index (χ3v) is 4.70. The van der Waals surface area contributed by atoms with E-state index in [9.17, 15) is 9.59 Å². The van der Waals surface area contributed by atoms with Gasteiger partial charge in [-0.1, -0.05) is 6.07 Å². The summed E-state index contributed by atoms with van der Waals surface area (Å²) in [5.41, 5.74) is 2.12. The lowest BCUT2D eigenvalue weighted by atomic mass is 10.1. The van der Waals surface area contributed by atoms with Crippen molar-refractivity contribution in [3.8, 4) is 28.5 Å². The third-order valence-electron chi connectivity index (χ3n) is 4.70. The van der Waals surface area contributed by atoms with Gasteiger partial charge in [0.15, 0.2) is 11.5 Å². The van der Waals surface area contributed by atoms with E-state index in [1.54, 1.807) is 31.4 Å². The number of ether oxygens (including phenoxy) is 3. The quantitative estimate of drug-likeness (QED) is 0.592. The molecule has 0 radical (unpaired) electrons. The van der Waals surface area contributed by atoms with Crippen molar-refractivity contribution in [2.24, 2.45) is 0 Å². The highest BCUT2D eigenvalue weighted by Gasteiger charge is 2.12. The zero-order valence-corrected chi connectivity index (χ0v) is 16.9. The van der Waals surface area contributed by atoms with E-state index in [2.05, 4.69) is 10.4 Å². The van der Waals surface area contributed by atoms with E-state index in [1.165, 1.54) is 16.8 Å². The number of rotatable bonds is 7. The summed E-state index contributed by atoms with van der Waals surface area (Å²) >= 11 is 0. The van der Waals surface area contributed by atoms with Crippen molar-refractivity contribution in [3.63, 3.8) is 0 Å². The van der Waals surface area contributed by atoms with E-state index in [0.29, 0.717) is 17.2 Å². The van der Waals surface area contributed by atoms with Crippen LogP contribution < -0.4 is 25.1 Å². The van der Waals surface area contributed by atoms with Crippen molar-refractivity contribution in [1.82, 2.24) is 15.1 Å². The molecule has 1 aromatic heterocycles. The molecule has 4 rings (SSSR count). The molecule has 0 atom stereocenters. The van der Waals surface area contributed by atoms with Gasteiger partial charge in [-0.15, -0.1) is 0 Å². The first-order valence-electron chi connectivity index (χ1n) is 9.70. The van der Waals surface area contributed by atoms with Crippen LogP contribution in [0.2, 0.25) is 0 Å². The number of aromatic nitrogens is 2. The van der Waals surface area contributed by atoms with Crippen LogP contribution in [0.15, 0.2) is 65.5 Å². The van der Waals surface area contributed by atoms with Crippen LogP contribution in [0.4, 0.5) is 0 Å². The number of nitrogens with zero attached hydrogens (tertiary/aromatic N) is 2. The van der Waals surface area contributed by atoms with Crippen molar-refractivity contribution in [3.05, 3.63) is 76.6 Å². The Morgan fingerprint density at radius 3 is 2.74 bits per heavy atom. The van der Waals surface area contributed by atoms with Gasteiger partial charge in [-0.25, -0.2) is 4.68 Å². The molecule has 2 aromatic carbocycles. The Kier molecular flexibility index (Phi) is 5.98. The number of nitrogens with one attached hydrogen (secondary N) is 1. The standard InChI is InChI=1S/C23H21N3O5/c1-29-18-6-4-17(5-7-18)19-8-11-23(28)26(25-19)13-12-24-22(27)10-3-16-2-9-20-21(14-16)31-15-30-20/h2-11,14H,12-13,15H2,1H3,(H,24,27)/b10-3+. The maximum Gasteiger partial charge on any atom is 0.266 e. The van der Waals surface area contributed by atoms with Crippen LogP contribution in [-0.2, 0) is 11.3 Å². The lowest BCUT2D eigenvalue weighted by molar-refractivity contribution is -0.116. The molecule has 0 saturated carbocycles. The van der Waals surface area contributed by atoms with Crippen LogP contribution in [-0.4, -0.2) is 36.1 Å². The molecule has 31 heavy (non-hydrogen) atoms. The molecule has 2 heterocycles. The number of amides is 1. The number of carbonyl (C=O) groups excluding carboxylic acids is 1. The van der Waals surface area contributed by atoms with Gasteiger partial charge in [-0.3, -0.25) is 9.59 Å². The number of fused-ring (bicyclic) bond motifs is 1. The van der Waals surface area contributed by atoms with E-state index in [1.807, 2.05) is 30.3 Å². The Morgan fingerprint density at radius 1 is 1.13 bits per heavy atom. The zero-order valence-electron chi connectivity index (χ0n) is 16.9. The molecule has 0 bridgehead atoms. The fourth-order valence-corrected chi connectivity index (χ4v) is 3.06. The lowest BCUT2D eigenvalue weighted by Gasteiger charge is -2.08. The highest BCUT2D eigenvalue weighted by Crippen LogP contribution is 2.32. The fraction of sp³-hybridized carbons (Fsp3) is 0.174. The molecule has 158 valence electrons. The van der Waals surface area contributed by atoms with Crippen LogP contribution in [0.1, 0.15) is 5.56 Å². The maximum atomic E-state index is 12.1. The van der Waals surface area contributed by atoms with Gasteiger partial charge >= 0.3 is 0 Å². The molecule has 8 heteroatoms. The first-order chi connectivity index (χ1) is 15.1. The molecule has 1 N–H and O–H groups in total. The molecule has 1 amide bonds. The second-order valence-corrected chi connectivity index (χ2v) is 6.75. The molecule has 8 nitrogen and oxygen atoms in total. The lowest BCUT2D eigenvalue weighted by Crippen LogP contribution is -2.31. The molecular formula is C23H21N3O5. The Morgan fingerprint density at radius 2 is 1.94 bits per heavy atom. The Hall–Kier alpha value is -4.07. The SMILES string of the molecule is COc1ccc(-c2ccc(=O)n(CCNC(=O)/C=C/c3ccc4c(c3)OCO4)n2)cc1. The zero-order chi connectivity index (χ0) is 21.6. The number of hydrogen-bond donors (Lipinski definition) is 1. The average Bonchev–Trinajstić information content (AvgIpc) is 3.27. The van der Waals surface area contributed by atoms with E-state index in [-0.39, 0.29) is 31.3 Å². The molecule has 3 aromatic rings. The Bertz CT molecular complexity index is 1170. The third kappa shape index (κ3) is 4.92. The largest absolute Gasteiger partial charge is 0.497 e. The fourth-order valence-electron chi connectivity index (χ4n) is 3.06. The van der Waals surface area contributed by atoms with Crippen molar-refractivity contribution in [2.45, 2.75) is 6.54 Å². The van der Waals surface area contributed by atoms with Gasteiger partial charge in [0, 0.05) is 24.3 Å². The number of hydrogen-bond acceptors (Lipinski definition) is 6. The Balaban J connectivity index is 1.34. The minimum absolute atomic E-state index is 0.204. The molecule has 0 aliphatic carbocycles. The molecule has 0 fully saturated rings. The van der Waals surface area contributed by atoms with Crippen molar-refractivity contribution < 1.29 is 19.0 Å². The smallest absolute Gasteiger partial charge is 0.266 e. The predicted molar refractivity (Wildman–Crippen MR) is 115 cm³/mol. The van der Waals surface area contributed by atoms with E-state index < -0.39 is 0 Å². The van der Waals surface area contributed by atoms with Gasteiger partial charge in [0.05, 0.1) is 19.3 Å². The van der Waals surface area contributed by atoms with E-state index >= 15 is 0 Å². The average molecular weight is 419 g/mol. The van der Waals surface area contributed by atoms with Crippen molar-refractivity contribution >= 4 is 12.0 Å². The summed E-state index contributed by atoms with van der Waals surface area (Å²) in [5.74, 6) is 1.83. The second kappa shape index (κ2) is 9.17. The highest BCUT2D eigenvalue weighted by molar-refractivity contribution is 5.91. The van der Waals surface area contributed by atoms with Crippen molar-refractivity contribution in [2.75, 3.05) is 20.4 Å². The summed E-state index contributed by atoms with van der Waals surface area (Å²) in [4.78, 5) is 24.2. The molecular weight excluding hydrogens is 398 g/mol. The van der Waals surface area contributed by atoms with Crippen LogP contribution >= 0.6 is 0 Å². The maximum absolute atomic E-state index is 12.1. The number of carbonyl (C=O) groups is 1. The predicted octanol–water partition coefficient (Wildman–Crippen LogP) is 2.48. The van der Waals surface area contributed by atoms with Gasteiger partial charge in [0.25, 0.3) is 5.56 Å². The van der Waals surface area contributed by atoms with Crippen LogP contribution in [0.5, 0.6) is 17.2 Å². The molecule has 0 spiro atoms. The normalized spacial score (nSPS) is 12.2. The molecule has 0 saturated heterocycles. The summed E-state index contributed by atoms with van der Waals surface area (Å²) in [6.07, 6.45) is 3.12. The first-order valence-corrected chi connectivity index (χ1v) is 9.70. The second-order valence-electron chi connectivity index (χ2n) is 6.75. The van der Waals surface area contributed by atoms with E-state index in [4.69, 9.17) is 14.2 Å². The summed E-state index contributed by atoms with van der Waals surface area (Å²) in [6, 6.07) is 16.0. The van der Waals surface area contributed by atoms with Gasteiger partial charge in [0.2, 0.25) is 12.7 Å². The van der Waals surface area contributed by atoms with Gasteiger partial charge in [-0.05, 0) is 54.1 Å². The van der Waals surface area contributed by atoms with Gasteiger partial charge in [-0.2, -0.15) is 5.10 Å². The first kappa shape index (κ1) is 20.2. The molecule has 1 aliphatic rings. The van der Waals surface area contributed by atoms with E-state index in [0.717, 1.165) is 16.9 Å². The van der Waals surface area contributed by atoms with Crippen LogP contribution in [0.25, 0.3) is 17.3 Å². The highest BCUT2D eigenvalue weighted by atomic mass is 16.7. The minimum atomic E-state index is -0.267. The monoisotopic (exact) mass is 419 g/mol. The number of benzene rings is 2. The number of methoxy groups -OCH3 is 1. The van der Waals surface area contributed by atoms with Crippen LogP contribution in [0.3, 0.4) is 0 Å². The topological polar surface area (TPSA) is 91.7 Å². The summed E-state index contributed by atoms with van der Waals surface area (Å²) in [5, 5.41) is 7.15.